The van der Waals surface area contributed by atoms with Crippen LogP contribution >= 0.6 is 0 Å². The quantitative estimate of drug-likeness (QED) is 0.177. The largest absolute Gasteiger partial charge is 0.309 e. The van der Waals surface area contributed by atoms with E-state index in [1.807, 2.05) is 12.4 Å². The summed E-state index contributed by atoms with van der Waals surface area (Å²) in [7, 11) is 0. The number of pyridine rings is 1. The van der Waals surface area contributed by atoms with Crippen LogP contribution in [-0.2, 0) is 0 Å². The molecule has 8 aromatic carbocycles. The Balaban J connectivity index is 1.27. The number of aromatic nitrogens is 3. The van der Waals surface area contributed by atoms with Crippen molar-refractivity contribution < 1.29 is 0 Å². The third-order valence-corrected chi connectivity index (χ3v) is 11.0. The fourth-order valence-electron chi connectivity index (χ4n) is 8.65. The zero-order valence-corrected chi connectivity index (χ0v) is 29.4. The zero-order chi connectivity index (χ0) is 35.6. The Morgan fingerprint density at radius 3 is 1.33 bits per heavy atom. The van der Waals surface area contributed by atoms with Crippen molar-refractivity contribution in [2.45, 2.75) is 0 Å². The van der Waals surface area contributed by atoms with Crippen molar-refractivity contribution in [3.8, 4) is 44.8 Å². The fourth-order valence-corrected chi connectivity index (χ4v) is 8.65. The van der Waals surface area contributed by atoms with Gasteiger partial charge < -0.3 is 9.13 Å². The number of hydrogen-bond donors (Lipinski definition) is 0. The van der Waals surface area contributed by atoms with Gasteiger partial charge in [-0.25, -0.2) is 0 Å². The average molecular weight is 688 g/mol. The topological polar surface area (TPSA) is 22.8 Å². The number of hydrogen-bond acceptors (Lipinski definition) is 1. The molecule has 11 rings (SSSR count). The third kappa shape index (κ3) is 4.65. The van der Waals surface area contributed by atoms with Crippen LogP contribution in [0.15, 0.2) is 200 Å². The SMILES string of the molecule is c1ccc(-n2c3ccccc3c3cccc(-c4cc(-c5cccc6ccncc56)cc(-c5cccc6c7ccccc7n(-c7ccccc7)c56)c4)c32)cc1. The van der Waals surface area contributed by atoms with Crippen molar-refractivity contribution in [3.63, 3.8) is 0 Å². The van der Waals surface area contributed by atoms with Gasteiger partial charge in [-0.2, -0.15) is 0 Å². The average Bonchev–Trinajstić information content (AvgIpc) is 3.77. The van der Waals surface area contributed by atoms with E-state index in [1.165, 1.54) is 60.1 Å². The highest BCUT2D eigenvalue weighted by atomic mass is 15.0. The van der Waals surface area contributed by atoms with Gasteiger partial charge in [-0.15, -0.1) is 0 Å². The third-order valence-electron chi connectivity index (χ3n) is 11.0. The summed E-state index contributed by atoms with van der Waals surface area (Å²) in [5.74, 6) is 0. The lowest BCUT2D eigenvalue weighted by Crippen LogP contribution is -1.97. The van der Waals surface area contributed by atoms with Gasteiger partial charge in [0.2, 0.25) is 0 Å². The van der Waals surface area contributed by atoms with Gasteiger partial charge in [0.1, 0.15) is 0 Å². The maximum Gasteiger partial charge on any atom is 0.0619 e. The summed E-state index contributed by atoms with van der Waals surface area (Å²) in [6, 6.07) is 68.3. The van der Waals surface area contributed by atoms with E-state index in [0.717, 1.165) is 39.0 Å². The monoisotopic (exact) mass is 687 g/mol. The Labute approximate surface area is 312 Å². The maximum atomic E-state index is 4.57. The number of para-hydroxylation sites is 6. The molecule has 0 unspecified atom stereocenters. The lowest BCUT2D eigenvalue weighted by molar-refractivity contribution is 1.18. The second kappa shape index (κ2) is 12.2. The van der Waals surface area contributed by atoms with E-state index in [2.05, 4.69) is 202 Å². The molecule has 11 aromatic rings. The Hall–Kier alpha value is -7.23. The minimum atomic E-state index is 1.14. The van der Waals surface area contributed by atoms with E-state index < -0.39 is 0 Å². The highest BCUT2D eigenvalue weighted by Crippen LogP contribution is 2.44. The van der Waals surface area contributed by atoms with Gasteiger partial charge in [0.05, 0.1) is 22.1 Å². The van der Waals surface area contributed by atoms with Crippen LogP contribution in [0.3, 0.4) is 0 Å². The van der Waals surface area contributed by atoms with E-state index in [4.69, 9.17) is 0 Å². The minimum absolute atomic E-state index is 1.14. The van der Waals surface area contributed by atoms with E-state index >= 15 is 0 Å². The first-order valence-electron chi connectivity index (χ1n) is 18.5. The summed E-state index contributed by atoms with van der Waals surface area (Å²) >= 11 is 0. The van der Waals surface area contributed by atoms with Gasteiger partial charge in [0.25, 0.3) is 0 Å². The summed E-state index contributed by atoms with van der Waals surface area (Å²) in [5.41, 5.74) is 14.1. The van der Waals surface area contributed by atoms with Gasteiger partial charge in [-0.3, -0.25) is 4.98 Å². The molecule has 0 N–H and O–H groups in total. The smallest absolute Gasteiger partial charge is 0.0619 e. The second-order valence-electron chi connectivity index (χ2n) is 14.0. The lowest BCUT2D eigenvalue weighted by Gasteiger charge is -2.17. The van der Waals surface area contributed by atoms with Gasteiger partial charge in [0, 0.05) is 61.8 Å². The van der Waals surface area contributed by atoms with E-state index in [-0.39, 0.29) is 0 Å². The van der Waals surface area contributed by atoms with Crippen molar-refractivity contribution in [2.75, 3.05) is 0 Å². The number of nitrogens with zero attached hydrogens (tertiary/aromatic N) is 3. The molecule has 3 nitrogen and oxygen atoms in total. The Morgan fingerprint density at radius 2 is 0.778 bits per heavy atom. The van der Waals surface area contributed by atoms with Crippen molar-refractivity contribution in [1.29, 1.82) is 0 Å². The predicted molar refractivity (Wildman–Crippen MR) is 227 cm³/mol. The minimum Gasteiger partial charge on any atom is -0.309 e. The van der Waals surface area contributed by atoms with Crippen molar-refractivity contribution >= 4 is 54.4 Å². The first kappa shape index (κ1) is 30.4. The molecule has 0 amide bonds. The standard InChI is InChI=1S/C51H33N3/c1-3-15-38(16-4-1)53-48-26-9-7-19-43(48)45-24-12-22-41(50(45)53)36-30-35(40-21-11-14-34-28-29-52-33-47(34)40)31-37(32-36)42-23-13-25-46-44-20-8-10-27-49(44)54(51(42)46)39-17-5-2-6-18-39/h1-33H. The molecule has 252 valence electrons. The molecule has 0 radical (unpaired) electrons. The fraction of sp³-hybridized carbons (Fsp3) is 0. The van der Waals surface area contributed by atoms with Gasteiger partial charge in [-0.1, -0.05) is 127 Å². The second-order valence-corrected chi connectivity index (χ2v) is 14.0. The van der Waals surface area contributed by atoms with Gasteiger partial charge in [-0.05, 0) is 88.3 Å². The molecule has 0 bridgehead atoms. The molecule has 0 fully saturated rings. The number of rotatable bonds is 5. The van der Waals surface area contributed by atoms with Crippen LogP contribution in [0, 0.1) is 0 Å². The molecule has 3 aromatic heterocycles. The predicted octanol–water partition coefficient (Wildman–Crippen LogP) is 13.4. The molecule has 3 heterocycles. The summed E-state index contributed by atoms with van der Waals surface area (Å²) in [4.78, 5) is 4.57. The molecular weight excluding hydrogens is 655 g/mol. The van der Waals surface area contributed by atoms with Crippen molar-refractivity contribution in [1.82, 2.24) is 14.1 Å². The highest BCUT2D eigenvalue weighted by molar-refractivity contribution is 6.16. The molecule has 0 saturated carbocycles. The van der Waals surface area contributed by atoms with E-state index in [0.29, 0.717) is 0 Å². The Morgan fingerprint density at radius 1 is 0.333 bits per heavy atom. The van der Waals surface area contributed by atoms with E-state index in [9.17, 15) is 0 Å². The molecule has 0 spiro atoms. The maximum absolute atomic E-state index is 4.57. The van der Waals surface area contributed by atoms with Gasteiger partial charge >= 0.3 is 0 Å². The molecule has 54 heavy (non-hydrogen) atoms. The summed E-state index contributed by atoms with van der Waals surface area (Å²) in [6.45, 7) is 0. The van der Waals surface area contributed by atoms with Crippen LogP contribution in [0.25, 0.3) is 99.1 Å². The number of fused-ring (bicyclic) bond motifs is 7. The number of benzene rings is 8. The molecule has 0 aliphatic rings. The first-order chi connectivity index (χ1) is 26.8. The van der Waals surface area contributed by atoms with Crippen molar-refractivity contribution in [3.05, 3.63) is 200 Å². The first-order valence-corrected chi connectivity index (χ1v) is 18.5. The normalized spacial score (nSPS) is 11.7. The summed E-state index contributed by atoms with van der Waals surface area (Å²) in [6.07, 6.45) is 3.87. The summed E-state index contributed by atoms with van der Waals surface area (Å²) < 4.78 is 4.87. The lowest BCUT2D eigenvalue weighted by atomic mass is 9.90. The molecule has 0 aliphatic carbocycles. The van der Waals surface area contributed by atoms with E-state index in [1.54, 1.807) is 0 Å². The highest BCUT2D eigenvalue weighted by Gasteiger charge is 2.20. The van der Waals surface area contributed by atoms with Crippen LogP contribution in [0.5, 0.6) is 0 Å². The molecular formula is C51H33N3. The van der Waals surface area contributed by atoms with Gasteiger partial charge in [0.15, 0.2) is 0 Å². The molecule has 0 aliphatic heterocycles. The molecule has 0 saturated heterocycles. The van der Waals surface area contributed by atoms with Crippen LogP contribution in [0.1, 0.15) is 0 Å². The van der Waals surface area contributed by atoms with Crippen LogP contribution in [-0.4, -0.2) is 14.1 Å². The van der Waals surface area contributed by atoms with Crippen LogP contribution in [0.4, 0.5) is 0 Å². The van der Waals surface area contributed by atoms with Crippen LogP contribution in [0.2, 0.25) is 0 Å². The Bertz CT molecular complexity index is 3020. The zero-order valence-electron chi connectivity index (χ0n) is 29.4. The van der Waals surface area contributed by atoms with Crippen LogP contribution < -0.4 is 0 Å². The summed E-state index contributed by atoms with van der Waals surface area (Å²) in [5, 5.41) is 7.27. The molecule has 3 heteroatoms. The molecule has 0 atom stereocenters. The van der Waals surface area contributed by atoms with Crippen molar-refractivity contribution in [2.24, 2.45) is 0 Å². The Kier molecular flexibility index (Phi) is 6.86.